The zero-order valence-corrected chi connectivity index (χ0v) is 23.8. The number of carbonyl (C=O) groups is 3. The molecule has 3 aromatic carbocycles. The van der Waals surface area contributed by atoms with Gasteiger partial charge >= 0.3 is 0 Å². The molecule has 0 aliphatic carbocycles. The summed E-state index contributed by atoms with van der Waals surface area (Å²) in [6.07, 6.45) is 1.63. The standard InChI is InChI=1S/C29H23Cl2N3O3S2/c1-18(27(35)33-24-14-6-13-23(30)26(24)31)39-22-11-5-10-20(16-22)32-29(37)25(17-21-12-7-15-38-21)34-28(36)19-8-3-2-4-9-19/h2-18H,1H3,(H,32,37)(H,33,35)(H,34,36)/b25-17-. The third-order valence-corrected chi connectivity index (χ3v) is 8.07. The second-order valence-electron chi connectivity index (χ2n) is 8.23. The second-order valence-corrected chi connectivity index (χ2v) is 11.4. The van der Waals surface area contributed by atoms with Gasteiger partial charge in [-0.25, -0.2) is 0 Å². The Kier molecular flexibility index (Phi) is 9.84. The molecule has 39 heavy (non-hydrogen) atoms. The van der Waals surface area contributed by atoms with Gasteiger partial charge in [-0.3, -0.25) is 14.4 Å². The van der Waals surface area contributed by atoms with Gasteiger partial charge in [-0.1, -0.05) is 59.6 Å². The number of rotatable bonds is 9. The van der Waals surface area contributed by atoms with Crippen LogP contribution in [0.1, 0.15) is 22.2 Å². The molecule has 0 radical (unpaired) electrons. The molecule has 1 atom stereocenters. The van der Waals surface area contributed by atoms with E-state index in [-0.39, 0.29) is 16.6 Å². The fraction of sp³-hybridized carbons (Fsp3) is 0.0690. The molecule has 0 aliphatic heterocycles. The summed E-state index contributed by atoms with van der Waals surface area (Å²) >= 11 is 15.0. The van der Waals surface area contributed by atoms with Crippen molar-refractivity contribution >= 4 is 81.5 Å². The molecule has 0 saturated heterocycles. The predicted molar refractivity (Wildman–Crippen MR) is 162 cm³/mol. The van der Waals surface area contributed by atoms with Crippen LogP contribution in [0.3, 0.4) is 0 Å². The van der Waals surface area contributed by atoms with Crippen molar-refractivity contribution in [2.24, 2.45) is 0 Å². The smallest absolute Gasteiger partial charge is 0.272 e. The van der Waals surface area contributed by atoms with Crippen molar-refractivity contribution in [3.05, 3.63) is 116 Å². The zero-order chi connectivity index (χ0) is 27.8. The van der Waals surface area contributed by atoms with E-state index in [4.69, 9.17) is 23.2 Å². The third kappa shape index (κ3) is 7.97. The highest BCUT2D eigenvalue weighted by molar-refractivity contribution is 8.00. The molecule has 4 aromatic rings. The second kappa shape index (κ2) is 13.5. The summed E-state index contributed by atoms with van der Waals surface area (Å²) in [5.41, 5.74) is 1.49. The van der Waals surface area contributed by atoms with Crippen molar-refractivity contribution in [2.45, 2.75) is 17.1 Å². The lowest BCUT2D eigenvalue weighted by atomic mass is 10.2. The maximum atomic E-state index is 13.2. The molecule has 10 heteroatoms. The molecular formula is C29H23Cl2N3O3S2. The summed E-state index contributed by atoms with van der Waals surface area (Å²) in [6.45, 7) is 1.77. The Bertz CT molecular complexity index is 1510. The van der Waals surface area contributed by atoms with Crippen LogP contribution in [0.25, 0.3) is 6.08 Å². The first-order valence-corrected chi connectivity index (χ1v) is 14.3. The molecule has 1 heterocycles. The van der Waals surface area contributed by atoms with Crippen LogP contribution < -0.4 is 16.0 Å². The maximum Gasteiger partial charge on any atom is 0.272 e. The van der Waals surface area contributed by atoms with E-state index >= 15 is 0 Å². The summed E-state index contributed by atoms with van der Waals surface area (Å²) in [7, 11) is 0. The van der Waals surface area contributed by atoms with Gasteiger partial charge in [-0.05, 0) is 66.9 Å². The average Bonchev–Trinajstić information content (AvgIpc) is 3.44. The van der Waals surface area contributed by atoms with Crippen molar-refractivity contribution in [1.29, 1.82) is 0 Å². The van der Waals surface area contributed by atoms with Crippen molar-refractivity contribution < 1.29 is 14.4 Å². The summed E-state index contributed by atoms with van der Waals surface area (Å²) in [4.78, 5) is 40.3. The van der Waals surface area contributed by atoms with Crippen LogP contribution in [0.4, 0.5) is 11.4 Å². The Hall–Kier alpha value is -3.56. The minimum absolute atomic E-state index is 0.107. The number of hydrogen-bond donors (Lipinski definition) is 3. The highest BCUT2D eigenvalue weighted by Crippen LogP contribution is 2.31. The van der Waals surface area contributed by atoms with E-state index in [1.54, 1.807) is 73.7 Å². The first kappa shape index (κ1) is 28.4. The number of thioether (sulfide) groups is 1. The first-order valence-electron chi connectivity index (χ1n) is 11.7. The SMILES string of the molecule is CC(Sc1cccc(NC(=O)/C(=C/c2cccs2)NC(=O)c2ccccc2)c1)C(=O)Nc1cccc(Cl)c1Cl. The Labute approximate surface area is 244 Å². The molecule has 0 bridgehead atoms. The first-order chi connectivity index (χ1) is 18.8. The molecule has 0 fully saturated rings. The number of carbonyl (C=O) groups excluding carboxylic acids is 3. The lowest BCUT2D eigenvalue weighted by molar-refractivity contribution is -0.115. The topological polar surface area (TPSA) is 87.3 Å². The van der Waals surface area contributed by atoms with Crippen LogP contribution in [0.5, 0.6) is 0 Å². The number of benzene rings is 3. The van der Waals surface area contributed by atoms with E-state index in [9.17, 15) is 14.4 Å². The van der Waals surface area contributed by atoms with Gasteiger partial charge in [-0.15, -0.1) is 23.1 Å². The fourth-order valence-corrected chi connectivity index (χ4v) is 5.33. The predicted octanol–water partition coefficient (Wildman–Crippen LogP) is 7.58. The quantitative estimate of drug-likeness (QED) is 0.137. The molecule has 0 aliphatic rings. The number of nitrogens with one attached hydrogen (secondary N) is 3. The van der Waals surface area contributed by atoms with Crippen LogP contribution in [-0.2, 0) is 9.59 Å². The Morgan fingerprint density at radius 1 is 0.897 bits per heavy atom. The van der Waals surface area contributed by atoms with Crippen LogP contribution >= 0.6 is 46.3 Å². The van der Waals surface area contributed by atoms with Gasteiger partial charge in [0.25, 0.3) is 11.8 Å². The van der Waals surface area contributed by atoms with Gasteiger partial charge in [0.05, 0.1) is 21.0 Å². The molecule has 0 saturated carbocycles. The van der Waals surface area contributed by atoms with Crippen LogP contribution in [-0.4, -0.2) is 23.0 Å². The normalized spacial score (nSPS) is 11.9. The molecule has 6 nitrogen and oxygen atoms in total. The van der Waals surface area contributed by atoms with Gasteiger partial charge < -0.3 is 16.0 Å². The molecule has 4 rings (SSSR count). The largest absolute Gasteiger partial charge is 0.324 e. The summed E-state index contributed by atoms with van der Waals surface area (Å²) < 4.78 is 0. The van der Waals surface area contributed by atoms with Crippen molar-refractivity contribution in [3.8, 4) is 0 Å². The zero-order valence-electron chi connectivity index (χ0n) is 20.6. The molecule has 0 spiro atoms. The Morgan fingerprint density at radius 3 is 2.41 bits per heavy atom. The minimum atomic E-state index is -0.476. The van der Waals surface area contributed by atoms with Gasteiger partial charge in [0.15, 0.2) is 0 Å². The number of anilines is 2. The van der Waals surface area contributed by atoms with E-state index < -0.39 is 17.1 Å². The van der Waals surface area contributed by atoms with Crippen LogP contribution in [0.2, 0.25) is 10.0 Å². The van der Waals surface area contributed by atoms with Crippen molar-refractivity contribution in [3.63, 3.8) is 0 Å². The fourth-order valence-electron chi connectivity index (χ4n) is 3.40. The molecular weight excluding hydrogens is 573 g/mol. The van der Waals surface area contributed by atoms with Crippen molar-refractivity contribution in [1.82, 2.24) is 5.32 Å². The van der Waals surface area contributed by atoms with Gasteiger partial charge in [0.2, 0.25) is 5.91 Å². The summed E-state index contributed by atoms with van der Waals surface area (Å²) in [6, 6.07) is 24.5. The lowest BCUT2D eigenvalue weighted by Crippen LogP contribution is -2.30. The summed E-state index contributed by atoms with van der Waals surface area (Å²) in [5.74, 6) is -1.11. The molecule has 1 unspecified atom stereocenters. The molecule has 3 N–H and O–H groups in total. The van der Waals surface area contributed by atoms with Crippen LogP contribution in [0, 0.1) is 0 Å². The Balaban J connectivity index is 1.45. The van der Waals surface area contributed by atoms with E-state index in [2.05, 4.69) is 16.0 Å². The van der Waals surface area contributed by atoms with E-state index in [1.807, 2.05) is 29.6 Å². The number of thiophene rings is 1. The number of hydrogen-bond acceptors (Lipinski definition) is 5. The van der Waals surface area contributed by atoms with Gasteiger partial charge in [0, 0.05) is 21.0 Å². The minimum Gasteiger partial charge on any atom is -0.324 e. The monoisotopic (exact) mass is 595 g/mol. The maximum absolute atomic E-state index is 13.2. The molecule has 198 valence electrons. The van der Waals surface area contributed by atoms with E-state index in [0.717, 1.165) is 9.77 Å². The van der Waals surface area contributed by atoms with E-state index in [0.29, 0.717) is 22.0 Å². The summed E-state index contributed by atoms with van der Waals surface area (Å²) in [5, 5.41) is 10.4. The molecule has 1 aromatic heterocycles. The highest BCUT2D eigenvalue weighted by Gasteiger charge is 2.18. The van der Waals surface area contributed by atoms with Crippen molar-refractivity contribution in [2.75, 3.05) is 10.6 Å². The lowest BCUT2D eigenvalue weighted by Gasteiger charge is -2.15. The average molecular weight is 597 g/mol. The van der Waals surface area contributed by atoms with Crippen LogP contribution in [0.15, 0.2) is 101 Å². The van der Waals surface area contributed by atoms with Gasteiger partial charge in [0.1, 0.15) is 5.70 Å². The van der Waals surface area contributed by atoms with E-state index in [1.165, 1.54) is 23.1 Å². The number of amides is 3. The highest BCUT2D eigenvalue weighted by atomic mass is 35.5. The molecule has 3 amide bonds. The van der Waals surface area contributed by atoms with Gasteiger partial charge in [-0.2, -0.15) is 0 Å². The Morgan fingerprint density at radius 2 is 1.67 bits per heavy atom. The number of halogens is 2. The third-order valence-electron chi connectivity index (χ3n) is 5.34.